The molecule has 0 heterocycles. The third-order valence-electron chi connectivity index (χ3n) is 3.00. The fraction of sp³-hybridized carbons (Fsp3) is 0. The van der Waals surface area contributed by atoms with Gasteiger partial charge in [-0.3, -0.25) is 14.9 Å². The molecule has 2 N–H and O–H groups in total. The van der Waals surface area contributed by atoms with Crippen LogP contribution in [0.1, 0.15) is 11.1 Å². The molecule has 0 saturated heterocycles. The number of hydrogen-bond donors (Lipinski definition) is 2. The number of phenolic OH excluding ortho intramolecular Hbond substituents is 1. The van der Waals surface area contributed by atoms with Crippen LogP contribution < -0.4 is 0 Å². The maximum Gasteiger partial charge on any atom is 0.269 e. The van der Waals surface area contributed by atoms with E-state index in [9.17, 15) is 25.1 Å². The number of aliphatic hydroxyl groups excluding tert-OH is 1. The molecule has 0 radical (unpaired) electrons. The second-order valence-corrected chi connectivity index (χ2v) is 4.63. The normalized spacial score (nSPS) is 11.6. The number of nitro groups is 1. The number of phenols is 1. The molecule has 0 bridgehead atoms. The van der Waals surface area contributed by atoms with Crippen LogP contribution in [0.15, 0.2) is 60.7 Å². The summed E-state index contributed by atoms with van der Waals surface area (Å²) in [5.74, 6) is -0.959. The number of allylic oxidation sites excluding steroid dienone is 2. The van der Waals surface area contributed by atoms with Crippen LogP contribution in [-0.2, 0) is 4.79 Å². The van der Waals surface area contributed by atoms with E-state index in [4.69, 9.17) is 0 Å². The van der Waals surface area contributed by atoms with Crippen LogP contribution in [0.3, 0.4) is 0 Å². The summed E-state index contributed by atoms with van der Waals surface area (Å²) in [5.41, 5.74) is 0.731. The minimum absolute atomic E-state index is 0.0365. The summed E-state index contributed by atoms with van der Waals surface area (Å²) in [5, 5.41) is 30.0. The van der Waals surface area contributed by atoms with Crippen molar-refractivity contribution in [2.24, 2.45) is 0 Å². The molecule has 0 aromatic heterocycles. The molecule has 0 unspecified atom stereocenters. The molecule has 0 amide bonds. The van der Waals surface area contributed by atoms with E-state index >= 15 is 0 Å². The average molecular weight is 311 g/mol. The molecule has 0 aliphatic carbocycles. The van der Waals surface area contributed by atoms with Gasteiger partial charge in [0.2, 0.25) is 0 Å². The van der Waals surface area contributed by atoms with Crippen molar-refractivity contribution in [1.29, 1.82) is 0 Å². The van der Waals surface area contributed by atoms with Crippen LogP contribution in [0.5, 0.6) is 5.75 Å². The van der Waals surface area contributed by atoms with Crippen molar-refractivity contribution in [3.05, 3.63) is 81.9 Å². The summed E-state index contributed by atoms with van der Waals surface area (Å²) in [7, 11) is 0. The van der Waals surface area contributed by atoms with Gasteiger partial charge < -0.3 is 10.2 Å². The number of nitrogens with zero attached hydrogens (tertiary/aromatic N) is 1. The van der Waals surface area contributed by atoms with Crippen LogP contribution >= 0.6 is 0 Å². The highest BCUT2D eigenvalue weighted by Gasteiger charge is 2.06. The smallest absolute Gasteiger partial charge is 0.269 e. The van der Waals surface area contributed by atoms with Crippen molar-refractivity contribution in [2.45, 2.75) is 0 Å². The van der Waals surface area contributed by atoms with Gasteiger partial charge in [0.05, 0.1) is 10.5 Å². The lowest BCUT2D eigenvalue weighted by Gasteiger charge is -2.01. The Kier molecular flexibility index (Phi) is 4.89. The molecule has 0 saturated carbocycles. The molecule has 0 aliphatic rings. The zero-order chi connectivity index (χ0) is 16.8. The number of ketones is 1. The highest BCUT2D eigenvalue weighted by atomic mass is 16.6. The number of nitro benzene ring substituents is 1. The van der Waals surface area contributed by atoms with Crippen LogP contribution in [0.4, 0.5) is 5.69 Å². The number of carbonyl (C=O) groups is 1. The number of aliphatic hydroxyl groups is 1. The molecule has 6 heteroatoms. The molecule has 2 aromatic rings. The number of hydrogen-bond acceptors (Lipinski definition) is 5. The van der Waals surface area contributed by atoms with Gasteiger partial charge in [0, 0.05) is 18.2 Å². The Morgan fingerprint density at radius 3 is 2.35 bits per heavy atom. The van der Waals surface area contributed by atoms with Gasteiger partial charge in [-0.2, -0.15) is 0 Å². The summed E-state index contributed by atoms with van der Waals surface area (Å²) >= 11 is 0. The maximum absolute atomic E-state index is 11.8. The fourth-order valence-corrected chi connectivity index (χ4v) is 1.84. The molecule has 116 valence electrons. The Bertz CT molecular complexity index is 791. The molecule has 0 fully saturated rings. The first-order valence-corrected chi connectivity index (χ1v) is 6.63. The lowest BCUT2D eigenvalue weighted by molar-refractivity contribution is -0.384. The Hall–Kier alpha value is -3.41. The van der Waals surface area contributed by atoms with Gasteiger partial charge in [-0.15, -0.1) is 0 Å². The lowest BCUT2D eigenvalue weighted by atomic mass is 10.1. The number of non-ortho nitro benzene ring substituents is 1. The summed E-state index contributed by atoms with van der Waals surface area (Å²) in [4.78, 5) is 21.8. The molecule has 6 nitrogen and oxygen atoms in total. The topological polar surface area (TPSA) is 101 Å². The maximum atomic E-state index is 11.8. The lowest BCUT2D eigenvalue weighted by Crippen LogP contribution is -1.91. The Balaban J connectivity index is 2.10. The SMILES string of the molecule is O=C(/C=C/c1ccc([N+](=O)[O-])cc1)/C=C(/O)c1ccccc1O. The summed E-state index contributed by atoms with van der Waals surface area (Å²) < 4.78 is 0. The predicted molar refractivity (Wildman–Crippen MR) is 85.9 cm³/mol. The minimum Gasteiger partial charge on any atom is -0.507 e. The number of aromatic hydroxyl groups is 1. The quantitative estimate of drug-likeness (QED) is 0.381. The zero-order valence-electron chi connectivity index (χ0n) is 11.9. The van der Waals surface area contributed by atoms with E-state index in [0.29, 0.717) is 5.56 Å². The van der Waals surface area contributed by atoms with Gasteiger partial charge in [-0.1, -0.05) is 18.2 Å². The zero-order valence-corrected chi connectivity index (χ0v) is 11.9. The fourth-order valence-electron chi connectivity index (χ4n) is 1.84. The van der Waals surface area contributed by atoms with Crippen LogP contribution in [0.25, 0.3) is 11.8 Å². The van der Waals surface area contributed by atoms with Gasteiger partial charge >= 0.3 is 0 Å². The first-order chi connectivity index (χ1) is 11.0. The largest absolute Gasteiger partial charge is 0.507 e. The first kappa shape index (κ1) is 16.0. The van der Waals surface area contributed by atoms with E-state index in [1.165, 1.54) is 48.6 Å². The third-order valence-corrected chi connectivity index (χ3v) is 3.00. The third kappa shape index (κ3) is 4.28. The molecule has 2 rings (SSSR count). The van der Waals surface area contributed by atoms with Gasteiger partial charge in [0.15, 0.2) is 5.78 Å². The Labute approximate surface area is 131 Å². The van der Waals surface area contributed by atoms with E-state index in [1.54, 1.807) is 12.1 Å². The molecule has 23 heavy (non-hydrogen) atoms. The first-order valence-electron chi connectivity index (χ1n) is 6.63. The van der Waals surface area contributed by atoms with Crippen molar-refractivity contribution in [1.82, 2.24) is 0 Å². The van der Waals surface area contributed by atoms with E-state index in [2.05, 4.69) is 0 Å². The second-order valence-electron chi connectivity index (χ2n) is 4.63. The van der Waals surface area contributed by atoms with E-state index in [0.717, 1.165) is 6.08 Å². The Morgan fingerprint density at radius 1 is 1.09 bits per heavy atom. The van der Waals surface area contributed by atoms with Crippen LogP contribution in [0, 0.1) is 10.1 Å². The van der Waals surface area contributed by atoms with Gasteiger partial charge in [0.1, 0.15) is 11.5 Å². The van der Waals surface area contributed by atoms with Crippen molar-refractivity contribution in [2.75, 3.05) is 0 Å². The summed E-state index contributed by atoms with van der Waals surface area (Å²) in [6, 6.07) is 11.8. The molecule has 0 spiro atoms. The average Bonchev–Trinajstić information content (AvgIpc) is 2.53. The minimum atomic E-state index is -0.508. The molecular weight excluding hydrogens is 298 g/mol. The summed E-state index contributed by atoms with van der Waals surface area (Å²) in [6.07, 6.45) is 3.68. The highest BCUT2D eigenvalue weighted by Crippen LogP contribution is 2.22. The van der Waals surface area contributed by atoms with Crippen molar-refractivity contribution in [3.8, 4) is 5.75 Å². The highest BCUT2D eigenvalue weighted by molar-refractivity contribution is 6.05. The number of benzene rings is 2. The number of carbonyl (C=O) groups excluding carboxylic acids is 1. The van der Waals surface area contributed by atoms with Crippen molar-refractivity contribution >= 4 is 23.3 Å². The monoisotopic (exact) mass is 311 g/mol. The number of rotatable bonds is 5. The van der Waals surface area contributed by atoms with Gasteiger partial charge in [-0.25, -0.2) is 0 Å². The molecule has 0 atom stereocenters. The van der Waals surface area contributed by atoms with Gasteiger partial charge in [0.25, 0.3) is 5.69 Å². The van der Waals surface area contributed by atoms with Crippen molar-refractivity contribution in [3.63, 3.8) is 0 Å². The summed E-state index contributed by atoms with van der Waals surface area (Å²) in [6.45, 7) is 0. The second kappa shape index (κ2) is 7.04. The molecular formula is C17H13NO5. The van der Waals surface area contributed by atoms with E-state index < -0.39 is 10.7 Å². The van der Waals surface area contributed by atoms with Crippen molar-refractivity contribution < 1.29 is 19.9 Å². The van der Waals surface area contributed by atoms with Crippen LogP contribution in [-0.4, -0.2) is 20.9 Å². The standard InChI is InChI=1S/C17H13NO5/c19-14(11-17(21)15-3-1-2-4-16(15)20)10-7-12-5-8-13(9-6-12)18(22)23/h1-11,20-21H/b10-7+,17-11+. The van der Waals surface area contributed by atoms with Gasteiger partial charge in [-0.05, 0) is 35.9 Å². The Morgan fingerprint density at radius 2 is 1.74 bits per heavy atom. The molecule has 0 aliphatic heterocycles. The molecule has 2 aromatic carbocycles. The number of para-hydroxylation sites is 1. The van der Waals surface area contributed by atoms with E-state index in [-0.39, 0.29) is 22.8 Å². The van der Waals surface area contributed by atoms with E-state index in [1.807, 2.05) is 0 Å². The van der Waals surface area contributed by atoms with Crippen LogP contribution in [0.2, 0.25) is 0 Å². The predicted octanol–water partition coefficient (Wildman–Crippen LogP) is 3.48.